The van der Waals surface area contributed by atoms with Crippen molar-refractivity contribution in [1.29, 1.82) is 0 Å². The van der Waals surface area contributed by atoms with Gasteiger partial charge in [0, 0.05) is 45.9 Å². The van der Waals surface area contributed by atoms with Gasteiger partial charge in [0.05, 0.1) is 25.3 Å². The van der Waals surface area contributed by atoms with E-state index >= 15 is 0 Å². The molecule has 1 unspecified atom stereocenters. The van der Waals surface area contributed by atoms with Crippen LogP contribution in [0.25, 0.3) is 0 Å². The van der Waals surface area contributed by atoms with Gasteiger partial charge in [0.2, 0.25) is 5.91 Å². The zero-order valence-electron chi connectivity index (χ0n) is 14.6. The molecule has 1 aliphatic heterocycles. The number of aromatic nitrogens is 2. The molecule has 1 atom stereocenters. The number of carbonyl (C=O) groups is 1. The van der Waals surface area contributed by atoms with Gasteiger partial charge in [-0.05, 0) is 6.92 Å². The molecule has 1 amide bonds. The molecule has 1 saturated heterocycles. The summed E-state index contributed by atoms with van der Waals surface area (Å²) in [5.74, 6) is 0.979. The summed E-state index contributed by atoms with van der Waals surface area (Å²) in [5.41, 5.74) is 1.58. The molecule has 0 radical (unpaired) electrons. The smallest absolute Gasteiger partial charge is 0.222 e. The number of amides is 1. The number of nitrogens with one attached hydrogen (secondary N) is 2. The van der Waals surface area contributed by atoms with Crippen LogP contribution in [0, 0.1) is 6.92 Å². The van der Waals surface area contributed by atoms with Crippen molar-refractivity contribution < 1.29 is 14.3 Å². The van der Waals surface area contributed by atoms with Gasteiger partial charge in [-0.1, -0.05) is 6.92 Å². The monoisotopic (exact) mass is 324 g/mol. The Morgan fingerprint density at radius 3 is 2.96 bits per heavy atom. The van der Waals surface area contributed by atoms with Crippen LogP contribution in [0.4, 0.5) is 0 Å². The van der Waals surface area contributed by atoms with Gasteiger partial charge in [-0.2, -0.15) is 0 Å². The second kappa shape index (κ2) is 7.90. The Kier molecular flexibility index (Phi) is 6.15. The molecule has 1 aromatic rings. The third-order valence-corrected chi connectivity index (χ3v) is 4.24. The summed E-state index contributed by atoms with van der Waals surface area (Å²) >= 11 is 0. The zero-order chi connectivity index (χ0) is 16.9. The molecule has 1 fully saturated rings. The van der Waals surface area contributed by atoms with Gasteiger partial charge in [0.25, 0.3) is 0 Å². The Morgan fingerprint density at radius 2 is 2.35 bits per heavy atom. The Labute approximate surface area is 137 Å². The van der Waals surface area contributed by atoms with E-state index < -0.39 is 5.60 Å². The molecule has 23 heavy (non-hydrogen) atoms. The van der Waals surface area contributed by atoms with Crippen molar-refractivity contribution in [2.24, 2.45) is 0 Å². The van der Waals surface area contributed by atoms with Gasteiger partial charge in [-0.3, -0.25) is 9.69 Å². The highest BCUT2D eigenvalue weighted by molar-refractivity contribution is 5.76. The standard InChI is InChI=1S/C16H28N4O3/c1-5-14-18-12(2)13(19-14)9-20-6-7-23-16(10-20,11-22-4)8-15(21)17-3/h5-11H2,1-4H3,(H,17,21)(H,18,19). The number of H-pyrrole nitrogens is 1. The number of nitrogens with zero attached hydrogens (tertiary/aromatic N) is 2. The molecule has 1 aromatic heterocycles. The van der Waals surface area contributed by atoms with Gasteiger partial charge in [0.15, 0.2) is 0 Å². The lowest BCUT2D eigenvalue weighted by molar-refractivity contribution is -0.156. The van der Waals surface area contributed by atoms with E-state index in [9.17, 15) is 4.79 Å². The van der Waals surface area contributed by atoms with E-state index in [-0.39, 0.29) is 5.91 Å². The number of ether oxygens (including phenoxy) is 2. The summed E-state index contributed by atoms with van der Waals surface area (Å²) in [7, 11) is 3.28. The molecular formula is C16H28N4O3. The van der Waals surface area contributed by atoms with Crippen LogP contribution in [0.5, 0.6) is 0 Å². The lowest BCUT2D eigenvalue weighted by Gasteiger charge is -2.41. The van der Waals surface area contributed by atoms with Gasteiger partial charge in [0.1, 0.15) is 11.4 Å². The molecule has 2 N–H and O–H groups in total. The molecule has 1 aliphatic rings. The van der Waals surface area contributed by atoms with Crippen LogP contribution in [0.2, 0.25) is 0 Å². The van der Waals surface area contributed by atoms with E-state index in [0.717, 1.165) is 36.7 Å². The van der Waals surface area contributed by atoms with Crippen molar-refractivity contribution in [3.05, 3.63) is 17.2 Å². The SMILES string of the molecule is CCc1nc(CN2CCOC(COC)(CC(=O)NC)C2)c(C)[nH]1. The Morgan fingerprint density at radius 1 is 1.57 bits per heavy atom. The molecule has 7 nitrogen and oxygen atoms in total. The van der Waals surface area contributed by atoms with Crippen molar-refractivity contribution >= 4 is 5.91 Å². The highest BCUT2D eigenvalue weighted by atomic mass is 16.5. The van der Waals surface area contributed by atoms with Gasteiger partial charge in [-0.15, -0.1) is 0 Å². The first-order valence-corrected chi connectivity index (χ1v) is 8.12. The van der Waals surface area contributed by atoms with E-state index in [0.29, 0.717) is 26.2 Å². The second-order valence-electron chi connectivity index (χ2n) is 6.13. The van der Waals surface area contributed by atoms with Gasteiger partial charge < -0.3 is 19.8 Å². The van der Waals surface area contributed by atoms with Crippen molar-refractivity contribution in [3.63, 3.8) is 0 Å². The number of aryl methyl sites for hydroxylation is 2. The fourth-order valence-electron chi connectivity index (χ4n) is 3.04. The highest BCUT2D eigenvalue weighted by Crippen LogP contribution is 2.24. The largest absolute Gasteiger partial charge is 0.382 e. The van der Waals surface area contributed by atoms with Gasteiger partial charge >= 0.3 is 0 Å². The van der Waals surface area contributed by atoms with Crippen LogP contribution >= 0.6 is 0 Å². The number of carbonyl (C=O) groups excluding carboxylic acids is 1. The molecule has 0 spiro atoms. The number of morpholine rings is 1. The molecule has 2 rings (SSSR count). The predicted octanol–water partition coefficient (Wildman–Crippen LogP) is 0.634. The summed E-state index contributed by atoms with van der Waals surface area (Å²) in [6.45, 7) is 7.36. The number of hydrogen-bond acceptors (Lipinski definition) is 5. The van der Waals surface area contributed by atoms with E-state index in [4.69, 9.17) is 9.47 Å². The number of hydrogen-bond donors (Lipinski definition) is 2. The van der Waals surface area contributed by atoms with Crippen molar-refractivity contribution in [1.82, 2.24) is 20.2 Å². The van der Waals surface area contributed by atoms with E-state index in [1.165, 1.54) is 0 Å². The number of methoxy groups -OCH3 is 1. The quantitative estimate of drug-likeness (QED) is 0.769. The fourth-order valence-corrected chi connectivity index (χ4v) is 3.04. The lowest BCUT2D eigenvalue weighted by atomic mass is 9.97. The lowest BCUT2D eigenvalue weighted by Crippen LogP contribution is -2.55. The third-order valence-electron chi connectivity index (χ3n) is 4.24. The third kappa shape index (κ3) is 4.53. The summed E-state index contributed by atoms with van der Waals surface area (Å²) in [5, 5.41) is 2.67. The minimum absolute atomic E-state index is 0.0341. The number of aromatic amines is 1. The molecule has 0 saturated carbocycles. The predicted molar refractivity (Wildman–Crippen MR) is 87.2 cm³/mol. The molecular weight excluding hydrogens is 296 g/mol. The summed E-state index contributed by atoms with van der Waals surface area (Å²) in [6, 6.07) is 0. The van der Waals surface area contributed by atoms with Crippen LogP contribution in [-0.4, -0.2) is 66.8 Å². The summed E-state index contributed by atoms with van der Waals surface area (Å²) in [6.07, 6.45) is 1.20. The first-order valence-electron chi connectivity index (χ1n) is 8.12. The Bertz CT molecular complexity index is 527. The number of rotatable bonds is 7. The summed E-state index contributed by atoms with van der Waals surface area (Å²) in [4.78, 5) is 22.1. The maximum absolute atomic E-state index is 11.8. The van der Waals surface area contributed by atoms with E-state index in [1.807, 2.05) is 0 Å². The first kappa shape index (κ1) is 17.9. The fraction of sp³-hybridized carbons (Fsp3) is 0.750. The molecule has 0 aromatic carbocycles. The van der Waals surface area contributed by atoms with Crippen molar-refractivity contribution in [3.8, 4) is 0 Å². The number of imidazole rings is 1. The maximum atomic E-state index is 11.8. The average molecular weight is 324 g/mol. The highest BCUT2D eigenvalue weighted by Gasteiger charge is 2.39. The summed E-state index contributed by atoms with van der Waals surface area (Å²) < 4.78 is 11.3. The molecule has 0 bridgehead atoms. The minimum atomic E-state index is -0.592. The van der Waals surface area contributed by atoms with E-state index in [2.05, 4.69) is 34.0 Å². The van der Waals surface area contributed by atoms with Gasteiger partial charge in [-0.25, -0.2) is 4.98 Å². The Balaban J connectivity index is 2.07. The molecule has 130 valence electrons. The Hall–Kier alpha value is -1.44. The molecule has 2 heterocycles. The van der Waals surface area contributed by atoms with Crippen LogP contribution in [0.3, 0.4) is 0 Å². The van der Waals surface area contributed by atoms with Crippen molar-refractivity contribution in [2.45, 2.75) is 38.8 Å². The topological polar surface area (TPSA) is 79.5 Å². The molecule has 7 heteroatoms. The van der Waals surface area contributed by atoms with Crippen molar-refractivity contribution in [2.75, 3.05) is 40.5 Å². The van der Waals surface area contributed by atoms with Crippen LogP contribution in [0.1, 0.15) is 30.6 Å². The second-order valence-corrected chi connectivity index (χ2v) is 6.13. The molecule has 0 aliphatic carbocycles. The van der Waals surface area contributed by atoms with Crippen LogP contribution in [0.15, 0.2) is 0 Å². The average Bonchev–Trinajstić information content (AvgIpc) is 2.88. The first-order chi connectivity index (χ1) is 11.0. The van der Waals surface area contributed by atoms with Crippen LogP contribution < -0.4 is 5.32 Å². The zero-order valence-corrected chi connectivity index (χ0v) is 14.6. The minimum Gasteiger partial charge on any atom is -0.382 e. The van der Waals surface area contributed by atoms with E-state index in [1.54, 1.807) is 14.2 Å². The van der Waals surface area contributed by atoms with Crippen LogP contribution in [-0.2, 0) is 27.2 Å². The normalized spacial score (nSPS) is 22.3. The maximum Gasteiger partial charge on any atom is 0.222 e.